The van der Waals surface area contributed by atoms with Gasteiger partial charge in [0.05, 0.1) is 31.3 Å². The van der Waals surface area contributed by atoms with Crippen LogP contribution >= 0.6 is 0 Å². The fraction of sp³-hybridized carbons (Fsp3) is 0.846. The van der Waals surface area contributed by atoms with Crippen molar-refractivity contribution in [3.05, 3.63) is 0 Å². The number of aliphatic carboxylic acids is 1. The van der Waals surface area contributed by atoms with Crippen LogP contribution in [-0.4, -0.2) is 78.5 Å². The van der Waals surface area contributed by atoms with Gasteiger partial charge >= 0.3 is 12.0 Å². The van der Waals surface area contributed by atoms with Gasteiger partial charge in [-0.05, 0) is 13.3 Å². The fourth-order valence-electron chi connectivity index (χ4n) is 2.81. The number of carbonyl (C=O) groups excluding carboxylic acids is 1. The number of carbonyl (C=O) groups is 2. The van der Waals surface area contributed by atoms with E-state index in [1.807, 2.05) is 6.92 Å². The van der Waals surface area contributed by atoms with Crippen LogP contribution in [0, 0.1) is 0 Å². The molecule has 2 heterocycles. The highest BCUT2D eigenvalue weighted by Crippen LogP contribution is 2.20. The van der Waals surface area contributed by atoms with Gasteiger partial charge in [-0.15, -0.1) is 0 Å². The van der Waals surface area contributed by atoms with Gasteiger partial charge in [-0.2, -0.15) is 0 Å². The van der Waals surface area contributed by atoms with Crippen LogP contribution in [0.15, 0.2) is 0 Å². The topological polar surface area (TPSA) is 79.3 Å². The number of nitrogens with zero attached hydrogens (tertiary/aromatic N) is 2. The van der Waals surface area contributed by atoms with Gasteiger partial charge in [-0.3, -0.25) is 4.79 Å². The lowest BCUT2D eigenvalue weighted by Gasteiger charge is -2.37. The third kappa shape index (κ3) is 3.40. The molecule has 2 rings (SSSR count). The molecule has 20 heavy (non-hydrogen) atoms. The molecule has 2 saturated heterocycles. The predicted octanol–water partition coefficient (Wildman–Crippen LogP) is 0.391. The summed E-state index contributed by atoms with van der Waals surface area (Å²) in [4.78, 5) is 26.6. The number of urea groups is 1. The summed E-state index contributed by atoms with van der Waals surface area (Å²) < 4.78 is 10.9. The van der Waals surface area contributed by atoms with Crippen LogP contribution in [-0.2, 0) is 14.3 Å². The SMILES string of the molecule is CC1OCCC1N(C)C(=O)N1CCOC(CC(=O)O)C1. The van der Waals surface area contributed by atoms with E-state index in [1.165, 1.54) is 0 Å². The molecule has 0 aliphatic carbocycles. The second kappa shape index (κ2) is 6.41. The minimum Gasteiger partial charge on any atom is -0.481 e. The molecule has 0 bridgehead atoms. The van der Waals surface area contributed by atoms with Crippen LogP contribution in [0.3, 0.4) is 0 Å². The molecule has 7 nitrogen and oxygen atoms in total. The van der Waals surface area contributed by atoms with Crippen LogP contribution in [0.2, 0.25) is 0 Å². The lowest BCUT2D eigenvalue weighted by Crippen LogP contribution is -2.53. The predicted molar refractivity (Wildman–Crippen MR) is 70.5 cm³/mol. The van der Waals surface area contributed by atoms with Crippen molar-refractivity contribution in [2.24, 2.45) is 0 Å². The minimum atomic E-state index is -0.907. The summed E-state index contributed by atoms with van der Waals surface area (Å²) in [6.45, 7) is 3.86. The van der Waals surface area contributed by atoms with Crippen molar-refractivity contribution in [2.75, 3.05) is 33.4 Å². The monoisotopic (exact) mass is 286 g/mol. The van der Waals surface area contributed by atoms with E-state index >= 15 is 0 Å². The number of carboxylic acids is 1. The van der Waals surface area contributed by atoms with Gasteiger partial charge in [0, 0.05) is 26.7 Å². The van der Waals surface area contributed by atoms with E-state index in [4.69, 9.17) is 14.6 Å². The first-order valence-electron chi connectivity index (χ1n) is 6.95. The molecule has 2 aliphatic heterocycles. The fourth-order valence-corrected chi connectivity index (χ4v) is 2.81. The summed E-state index contributed by atoms with van der Waals surface area (Å²) in [6.07, 6.45) is 0.388. The number of hydrogen-bond donors (Lipinski definition) is 1. The van der Waals surface area contributed by atoms with Gasteiger partial charge in [-0.1, -0.05) is 0 Å². The molecule has 0 spiro atoms. The summed E-state index contributed by atoms with van der Waals surface area (Å²) in [7, 11) is 1.78. The van der Waals surface area contributed by atoms with Crippen molar-refractivity contribution >= 4 is 12.0 Å². The maximum atomic E-state index is 12.5. The molecule has 0 aromatic heterocycles. The molecule has 0 aromatic carbocycles. The number of ether oxygens (including phenoxy) is 2. The second-order valence-electron chi connectivity index (χ2n) is 5.36. The van der Waals surface area contributed by atoms with E-state index in [0.29, 0.717) is 26.3 Å². The molecule has 3 atom stereocenters. The van der Waals surface area contributed by atoms with Crippen LogP contribution in [0.4, 0.5) is 4.79 Å². The zero-order chi connectivity index (χ0) is 14.7. The van der Waals surface area contributed by atoms with E-state index in [-0.39, 0.29) is 24.6 Å². The quantitative estimate of drug-likeness (QED) is 0.812. The number of morpholine rings is 1. The Labute approximate surface area is 118 Å². The average Bonchev–Trinajstić information content (AvgIpc) is 2.83. The van der Waals surface area contributed by atoms with Gasteiger partial charge in [-0.25, -0.2) is 4.79 Å². The summed E-state index contributed by atoms with van der Waals surface area (Å²) in [5.74, 6) is -0.907. The first-order chi connectivity index (χ1) is 9.49. The Morgan fingerprint density at radius 3 is 2.70 bits per heavy atom. The summed E-state index contributed by atoms with van der Waals surface area (Å²) in [6, 6.07) is 0.00862. The highest BCUT2D eigenvalue weighted by molar-refractivity contribution is 5.75. The summed E-state index contributed by atoms with van der Waals surface area (Å²) >= 11 is 0. The molecule has 7 heteroatoms. The van der Waals surface area contributed by atoms with E-state index in [1.54, 1.807) is 16.8 Å². The zero-order valence-corrected chi connectivity index (χ0v) is 11.9. The zero-order valence-electron chi connectivity index (χ0n) is 11.9. The molecule has 3 unspecified atom stereocenters. The van der Waals surface area contributed by atoms with Crippen molar-refractivity contribution in [1.82, 2.24) is 9.80 Å². The molecular formula is C13H22N2O5. The molecule has 0 aromatic rings. The van der Waals surface area contributed by atoms with Crippen molar-refractivity contribution in [3.8, 4) is 0 Å². The molecular weight excluding hydrogens is 264 g/mol. The Morgan fingerprint density at radius 2 is 2.10 bits per heavy atom. The number of carboxylic acid groups (broad SMARTS) is 1. The van der Waals surface area contributed by atoms with E-state index in [9.17, 15) is 9.59 Å². The van der Waals surface area contributed by atoms with Crippen LogP contribution in [0.5, 0.6) is 0 Å². The molecule has 1 N–H and O–H groups in total. The summed E-state index contributed by atoms with van der Waals surface area (Å²) in [5, 5.41) is 8.80. The van der Waals surface area contributed by atoms with Crippen LogP contribution < -0.4 is 0 Å². The third-order valence-corrected chi connectivity index (χ3v) is 3.95. The van der Waals surface area contributed by atoms with Crippen molar-refractivity contribution in [1.29, 1.82) is 0 Å². The molecule has 2 amide bonds. The van der Waals surface area contributed by atoms with Crippen molar-refractivity contribution < 1.29 is 24.2 Å². The number of hydrogen-bond acceptors (Lipinski definition) is 4. The Morgan fingerprint density at radius 1 is 1.35 bits per heavy atom. The Bertz CT molecular complexity index is 376. The van der Waals surface area contributed by atoms with Gasteiger partial charge in [0.15, 0.2) is 0 Å². The average molecular weight is 286 g/mol. The third-order valence-electron chi connectivity index (χ3n) is 3.95. The van der Waals surface area contributed by atoms with Gasteiger partial charge < -0.3 is 24.4 Å². The number of amides is 2. The van der Waals surface area contributed by atoms with Crippen LogP contribution in [0.25, 0.3) is 0 Å². The van der Waals surface area contributed by atoms with E-state index in [0.717, 1.165) is 6.42 Å². The minimum absolute atomic E-state index is 0.0415. The molecule has 0 radical (unpaired) electrons. The molecule has 2 fully saturated rings. The molecule has 2 aliphatic rings. The largest absolute Gasteiger partial charge is 0.481 e. The van der Waals surface area contributed by atoms with Crippen LogP contribution in [0.1, 0.15) is 19.8 Å². The Hall–Kier alpha value is -1.34. The second-order valence-corrected chi connectivity index (χ2v) is 5.36. The Balaban J connectivity index is 1.92. The van der Waals surface area contributed by atoms with E-state index < -0.39 is 12.1 Å². The Kier molecular flexibility index (Phi) is 4.82. The normalized spacial score (nSPS) is 30.3. The van der Waals surface area contributed by atoms with Crippen molar-refractivity contribution in [2.45, 2.75) is 38.0 Å². The maximum Gasteiger partial charge on any atom is 0.320 e. The van der Waals surface area contributed by atoms with Gasteiger partial charge in [0.1, 0.15) is 0 Å². The smallest absolute Gasteiger partial charge is 0.320 e. The lowest BCUT2D eigenvalue weighted by molar-refractivity contribution is -0.141. The lowest BCUT2D eigenvalue weighted by atomic mass is 10.1. The van der Waals surface area contributed by atoms with Gasteiger partial charge in [0.2, 0.25) is 0 Å². The highest BCUT2D eigenvalue weighted by atomic mass is 16.5. The first kappa shape index (κ1) is 15.1. The highest BCUT2D eigenvalue weighted by Gasteiger charge is 2.34. The number of likely N-dealkylation sites (N-methyl/N-ethyl adjacent to an activating group) is 1. The van der Waals surface area contributed by atoms with Gasteiger partial charge in [0.25, 0.3) is 0 Å². The standard InChI is InChI=1S/C13H22N2O5/c1-9-11(3-5-19-9)14(2)13(18)15-4-6-20-10(8-15)7-12(16)17/h9-11H,3-8H2,1-2H3,(H,16,17). The van der Waals surface area contributed by atoms with E-state index in [2.05, 4.69) is 0 Å². The maximum absolute atomic E-state index is 12.5. The number of rotatable bonds is 3. The molecule has 114 valence electrons. The van der Waals surface area contributed by atoms with Crippen molar-refractivity contribution in [3.63, 3.8) is 0 Å². The first-order valence-corrected chi connectivity index (χ1v) is 6.95. The molecule has 0 saturated carbocycles. The summed E-state index contributed by atoms with van der Waals surface area (Å²) in [5.41, 5.74) is 0.